The van der Waals surface area contributed by atoms with Crippen molar-refractivity contribution in [2.75, 3.05) is 0 Å². The summed E-state index contributed by atoms with van der Waals surface area (Å²) < 4.78 is 5.97. The number of carboxylic acid groups (broad SMARTS) is 1. The van der Waals surface area contributed by atoms with Gasteiger partial charge in [-0.25, -0.2) is 0 Å². The molecule has 3 nitrogen and oxygen atoms in total. The quantitative estimate of drug-likeness (QED) is 0.849. The number of aliphatic carboxylic acids is 1. The van der Waals surface area contributed by atoms with E-state index < -0.39 is 11.6 Å². The van der Waals surface area contributed by atoms with Gasteiger partial charge in [-0.15, -0.1) is 0 Å². The van der Waals surface area contributed by atoms with Crippen molar-refractivity contribution in [3.8, 4) is 5.75 Å². The van der Waals surface area contributed by atoms with E-state index in [0.29, 0.717) is 0 Å². The predicted molar refractivity (Wildman–Crippen MR) is 79.2 cm³/mol. The summed E-state index contributed by atoms with van der Waals surface area (Å²) in [5, 5.41) is 8.99. The molecule has 110 valence electrons. The van der Waals surface area contributed by atoms with Gasteiger partial charge in [0.2, 0.25) is 0 Å². The van der Waals surface area contributed by atoms with Crippen LogP contribution in [-0.2, 0) is 10.2 Å². The van der Waals surface area contributed by atoms with Gasteiger partial charge in [0.1, 0.15) is 11.4 Å². The average Bonchev–Trinajstić information content (AvgIpc) is 2.36. The fourth-order valence-corrected chi connectivity index (χ4v) is 2.59. The van der Waals surface area contributed by atoms with Crippen LogP contribution in [0.2, 0.25) is 0 Å². The Balaban J connectivity index is 2.09. The second kappa shape index (κ2) is 5.47. The molecule has 3 heteroatoms. The molecule has 1 aliphatic carbocycles. The largest absolute Gasteiger partial charge is 0.487 e. The molecule has 0 saturated heterocycles. The molecule has 20 heavy (non-hydrogen) atoms. The summed E-state index contributed by atoms with van der Waals surface area (Å²) in [6.07, 6.45) is 3.89. The first-order valence-electron chi connectivity index (χ1n) is 7.38. The fraction of sp³-hybridized carbons (Fsp3) is 0.588. The van der Waals surface area contributed by atoms with Gasteiger partial charge in [0.15, 0.2) is 0 Å². The standard InChI is InChI=1S/C17H24O3/c1-4-16(2,3)13-6-8-14(9-7-13)20-17(10-5-11-17)12-15(18)19/h6-9H,4-5,10-12H2,1-3H3,(H,18,19). The molecule has 0 heterocycles. The molecule has 1 aromatic carbocycles. The van der Waals surface area contributed by atoms with Gasteiger partial charge < -0.3 is 9.84 Å². The number of hydrogen-bond acceptors (Lipinski definition) is 2. The zero-order valence-electron chi connectivity index (χ0n) is 12.6. The van der Waals surface area contributed by atoms with E-state index in [4.69, 9.17) is 9.84 Å². The highest BCUT2D eigenvalue weighted by molar-refractivity contribution is 5.68. The normalized spacial score (nSPS) is 17.4. The van der Waals surface area contributed by atoms with E-state index in [2.05, 4.69) is 32.9 Å². The summed E-state index contributed by atoms with van der Waals surface area (Å²) >= 11 is 0. The summed E-state index contributed by atoms with van der Waals surface area (Å²) in [6, 6.07) is 8.11. The van der Waals surface area contributed by atoms with Gasteiger partial charge in [0.25, 0.3) is 0 Å². The van der Waals surface area contributed by atoms with Gasteiger partial charge >= 0.3 is 5.97 Å². The van der Waals surface area contributed by atoms with Gasteiger partial charge in [-0.05, 0) is 48.8 Å². The molecular formula is C17H24O3. The first kappa shape index (κ1) is 14.9. The summed E-state index contributed by atoms with van der Waals surface area (Å²) in [5.41, 5.74) is 0.967. The van der Waals surface area contributed by atoms with Gasteiger partial charge in [-0.2, -0.15) is 0 Å². The maximum Gasteiger partial charge on any atom is 0.307 e. The molecule has 2 rings (SSSR count). The minimum atomic E-state index is -0.784. The van der Waals surface area contributed by atoms with Crippen molar-refractivity contribution in [2.24, 2.45) is 0 Å². The predicted octanol–water partition coefficient (Wildman–Crippen LogP) is 4.15. The Labute approximate surface area is 121 Å². The smallest absolute Gasteiger partial charge is 0.307 e. The van der Waals surface area contributed by atoms with Gasteiger partial charge in [-0.1, -0.05) is 32.9 Å². The maximum absolute atomic E-state index is 10.9. The number of rotatable bonds is 6. The van der Waals surface area contributed by atoms with E-state index in [-0.39, 0.29) is 11.8 Å². The molecule has 0 aliphatic heterocycles. The third kappa shape index (κ3) is 3.14. The van der Waals surface area contributed by atoms with Crippen LogP contribution in [0.1, 0.15) is 58.4 Å². The lowest BCUT2D eigenvalue weighted by Gasteiger charge is -2.40. The third-order valence-corrected chi connectivity index (χ3v) is 4.59. The molecular weight excluding hydrogens is 252 g/mol. The Kier molecular flexibility index (Phi) is 4.07. The van der Waals surface area contributed by atoms with Crippen molar-refractivity contribution >= 4 is 5.97 Å². The number of hydrogen-bond donors (Lipinski definition) is 1. The SMILES string of the molecule is CCC(C)(C)c1ccc(OC2(CC(=O)O)CCC2)cc1. The highest BCUT2D eigenvalue weighted by Crippen LogP contribution is 2.40. The number of carbonyl (C=O) groups is 1. The Morgan fingerprint density at radius 1 is 1.30 bits per heavy atom. The molecule has 0 amide bonds. The Hall–Kier alpha value is -1.51. The molecule has 0 aromatic heterocycles. The van der Waals surface area contributed by atoms with Crippen molar-refractivity contribution < 1.29 is 14.6 Å². The van der Waals surface area contributed by atoms with Gasteiger partial charge in [-0.3, -0.25) is 4.79 Å². The molecule has 1 N–H and O–H groups in total. The van der Waals surface area contributed by atoms with Crippen LogP contribution in [0.4, 0.5) is 0 Å². The van der Waals surface area contributed by atoms with E-state index in [1.165, 1.54) is 5.56 Å². The van der Waals surface area contributed by atoms with Gasteiger partial charge in [0.05, 0.1) is 6.42 Å². The van der Waals surface area contributed by atoms with Crippen LogP contribution < -0.4 is 4.74 Å². The van der Waals surface area contributed by atoms with Crippen LogP contribution in [-0.4, -0.2) is 16.7 Å². The highest BCUT2D eigenvalue weighted by Gasteiger charge is 2.41. The van der Waals surface area contributed by atoms with Crippen molar-refractivity contribution in [3.05, 3.63) is 29.8 Å². The lowest BCUT2D eigenvalue weighted by atomic mass is 9.77. The second-order valence-electron chi connectivity index (χ2n) is 6.47. The second-order valence-corrected chi connectivity index (χ2v) is 6.47. The zero-order valence-corrected chi connectivity index (χ0v) is 12.6. The van der Waals surface area contributed by atoms with Crippen LogP contribution in [0, 0.1) is 0 Å². The molecule has 0 unspecified atom stereocenters. The molecule has 1 aromatic rings. The van der Waals surface area contributed by atoms with Crippen LogP contribution in [0.5, 0.6) is 5.75 Å². The van der Waals surface area contributed by atoms with Crippen LogP contribution >= 0.6 is 0 Å². The lowest BCUT2D eigenvalue weighted by Crippen LogP contribution is -2.45. The maximum atomic E-state index is 10.9. The summed E-state index contributed by atoms with van der Waals surface area (Å²) in [7, 11) is 0. The Morgan fingerprint density at radius 2 is 1.90 bits per heavy atom. The minimum Gasteiger partial charge on any atom is -0.487 e. The number of carboxylic acids is 1. The van der Waals surface area contributed by atoms with Crippen molar-refractivity contribution in [1.29, 1.82) is 0 Å². The van der Waals surface area contributed by atoms with E-state index >= 15 is 0 Å². The molecule has 1 fully saturated rings. The van der Waals surface area contributed by atoms with E-state index in [0.717, 1.165) is 31.4 Å². The van der Waals surface area contributed by atoms with Crippen molar-refractivity contribution in [3.63, 3.8) is 0 Å². The molecule has 0 bridgehead atoms. The van der Waals surface area contributed by atoms with E-state index in [9.17, 15) is 4.79 Å². The number of ether oxygens (including phenoxy) is 1. The first-order valence-corrected chi connectivity index (χ1v) is 7.38. The third-order valence-electron chi connectivity index (χ3n) is 4.59. The lowest BCUT2D eigenvalue weighted by molar-refractivity contribution is -0.144. The summed E-state index contributed by atoms with van der Waals surface area (Å²) in [6.45, 7) is 6.63. The van der Waals surface area contributed by atoms with Crippen LogP contribution in [0.15, 0.2) is 24.3 Å². The van der Waals surface area contributed by atoms with Crippen LogP contribution in [0.3, 0.4) is 0 Å². The highest BCUT2D eigenvalue weighted by atomic mass is 16.5. The van der Waals surface area contributed by atoms with E-state index in [1.54, 1.807) is 0 Å². The van der Waals surface area contributed by atoms with Crippen molar-refractivity contribution in [1.82, 2.24) is 0 Å². The monoisotopic (exact) mass is 276 g/mol. The molecule has 0 spiro atoms. The minimum absolute atomic E-state index is 0.0925. The molecule has 0 radical (unpaired) electrons. The Bertz CT molecular complexity index is 470. The molecule has 0 atom stereocenters. The molecule has 1 saturated carbocycles. The van der Waals surface area contributed by atoms with Gasteiger partial charge in [0, 0.05) is 0 Å². The van der Waals surface area contributed by atoms with Crippen molar-refractivity contribution in [2.45, 2.75) is 63.9 Å². The fourth-order valence-electron chi connectivity index (χ4n) is 2.59. The van der Waals surface area contributed by atoms with Crippen LogP contribution in [0.25, 0.3) is 0 Å². The first-order chi connectivity index (χ1) is 9.37. The zero-order chi connectivity index (χ0) is 14.8. The average molecular weight is 276 g/mol. The van der Waals surface area contributed by atoms with E-state index in [1.807, 2.05) is 12.1 Å². The number of benzene rings is 1. The molecule has 1 aliphatic rings. The summed E-state index contributed by atoms with van der Waals surface area (Å²) in [4.78, 5) is 10.9. The topological polar surface area (TPSA) is 46.5 Å². The summed E-state index contributed by atoms with van der Waals surface area (Å²) in [5.74, 6) is -0.00459. The Morgan fingerprint density at radius 3 is 2.30 bits per heavy atom.